The first-order valence-electron chi connectivity index (χ1n) is 6.79. The Hall–Kier alpha value is -1.33. The van der Waals surface area contributed by atoms with Gasteiger partial charge in [0.05, 0.1) is 0 Å². The van der Waals surface area contributed by atoms with E-state index in [1.54, 1.807) is 19.0 Å². The van der Waals surface area contributed by atoms with Crippen LogP contribution in [0.15, 0.2) is 18.3 Å². The molecule has 1 aliphatic heterocycles. The van der Waals surface area contributed by atoms with Crippen LogP contribution in [-0.4, -0.2) is 49.2 Å². The SMILES string of the molecule is CN(C)C(=O)COCC[C@@H]1CNCc2cccn2C1. The van der Waals surface area contributed by atoms with Gasteiger partial charge < -0.3 is 19.5 Å². The molecule has 1 atom stereocenters. The number of nitrogens with zero attached hydrogens (tertiary/aromatic N) is 2. The van der Waals surface area contributed by atoms with Gasteiger partial charge in [-0.15, -0.1) is 0 Å². The minimum Gasteiger partial charge on any atom is -0.372 e. The highest BCUT2D eigenvalue weighted by Gasteiger charge is 2.15. The van der Waals surface area contributed by atoms with Crippen molar-refractivity contribution in [3.05, 3.63) is 24.0 Å². The first-order valence-corrected chi connectivity index (χ1v) is 6.79. The van der Waals surface area contributed by atoms with Crippen molar-refractivity contribution in [2.45, 2.75) is 19.5 Å². The van der Waals surface area contributed by atoms with E-state index in [0.29, 0.717) is 12.5 Å². The van der Waals surface area contributed by atoms with Crippen molar-refractivity contribution >= 4 is 5.91 Å². The van der Waals surface area contributed by atoms with Crippen molar-refractivity contribution in [3.63, 3.8) is 0 Å². The molecule has 0 aromatic carbocycles. The lowest BCUT2D eigenvalue weighted by atomic mass is 10.1. The van der Waals surface area contributed by atoms with Crippen molar-refractivity contribution in [3.8, 4) is 0 Å². The summed E-state index contributed by atoms with van der Waals surface area (Å²) in [5.74, 6) is 0.579. The summed E-state index contributed by atoms with van der Waals surface area (Å²) in [6.45, 7) is 3.79. The predicted molar refractivity (Wildman–Crippen MR) is 73.8 cm³/mol. The van der Waals surface area contributed by atoms with Gasteiger partial charge in [0, 0.05) is 52.2 Å². The van der Waals surface area contributed by atoms with E-state index in [1.807, 2.05) is 0 Å². The Morgan fingerprint density at radius 2 is 2.42 bits per heavy atom. The van der Waals surface area contributed by atoms with Crippen molar-refractivity contribution in [1.82, 2.24) is 14.8 Å². The Kier molecular flexibility index (Phi) is 4.99. The Morgan fingerprint density at radius 1 is 1.58 bits per heavy atom. The molecule has 1 amide bonds. The molecule has 1 N–H and O–H groups in total. The number of carbonyl (C=O) groups excluding carboxylic acids is 1. The molecule has 5 nitrogen and oxygen atoms in total. The smallest absolute Gasteiger partial charge is 0.248 e. The van der Waals surface area contributed by atoms with Gasteiger partial charge in [-0.05, 0) is 24.5 Å². The van der Waals surface area contributed by atoms with Crippen molar-refractivity contribution in [2.75, 3.05) is 33.9 Å². The van der Waals surface area contributed by atoms with E-state index in [9.17, 15) is 4.79 Å². The highest BCUT2D eigenvalue weighted by Crippen LogP contribution is 2.13. The van der Waals surface area contributed by atoms with E-state index in [2.05, 4.69) is 28.2 Å². The molecule has 1 aromatic rings. The largest absolute Gasteiger partial charge is 0.372 e. The maximum absolute atomic E-state index is 11.4. The van der Waals surface area contributed by atoms with Crippen LogP contribution in [0.4, 0.5) is 0 Å². The van der Waals surface area contributed by atoms with Crippen molar-refractivity contribution in [1.29, 1.82) is 0 Å². The topological polar surface area (TPSA) is 46.5 Å². The average Bonchev–Trinajstić information content (AvgIpc) is 2.72. The van der Waals surface area contributed by atoms with E-state index in [1.165, 1.54) is 5.69 Å². The van der Waals surface area contributed by atoms with Crippen molar-refractivity contribution in [2.24, 2.45) is 5.92 Å². The standard InChI is InChI=1S/C14H23N3O2/c1-16(2)14(18)11-19-7-5-12-8-15-9-13-4-3-6-17(13)10-12/h3-4,6,12,15H,5,7-11H2,1-2H3/t12-/m1/s1. The number of hydrogen-bond acceptors (Lipinski definition) is 3. The Labute approximate surface area is 114 Å². The molecule has 0 fully saturated rings. The van der Waals surface area contributed by atoms with Crippen LogP contribution in [0.5, 0.6) is 0 Å². The molecule has 0 aliphatic carbocycles. The van der Waals surface area contributed by atoms with E-state index >= 15 is 0 Å². The lowest BCUT2D eigenvalue weighted by Crippen LogP contribution is -2.27. The zero-order valence-corrected chi connectivity index (χ0v) is 11.8. The summed E-state index contributed by atoms with van der Waals surface area (Å²) in [6, 6.07) is 4.24. The lowest BCUT2D eigenvalue weighted by molar-refractivity contribution is -0.133. The zero-order chi connectivity index (χ0) is 13.7. The molecule has 1 aliphatic rings. The molecule has 0 saturated heterocycles. The van der Waals surface area contributed by atoms with E-state index in [4.69, 9.17) is 4.74 Å². The number of amides is 1. The molecule has 0 spiro atoms. The minimum atomic E-state index is 0.0201. The highest BCUT2D eigenvalue weighted by atomic mass is 16.5. The third-order valence-corrected chi connectivity index (χ3v) is 3.51. The molecule has 5 heteroatoms. The van der Waals surface area contributed by atoms with Gasteiger partial charge in [-0.25, -0.2) is 0 Å². The zero-order valence-electron chi connectivity index (χ0n) is 11.8. The fourth-order valence-electron chi connectivity index (χ4n) is 2.27. The van der Waals surface area contributed by atoms with Gasteiger partial charge in [0.1, 0.15) is 6.61 Å². The first kappa shape index (κ1) is 14.1. The summed E-state index contributed by atoms with van der Waals surface area (Å²) in [5, 5.41) is 3.46. The third kappa shape index (κ3) is 4.08. The summed E-state index contributed by atoms with van der Waals surface area (Å²) in [6.07, 6.45) is 3.11. The number of aromatic nitrogens is 1. The molecular formula is C14H23N3O2. The van der Waals surface area contributed by atoms with Gasteiger partial charge in [0.25, 0.3) is 0 Å². The fraction of sp³-hybridized carbons (Fsp3) is 0.643. The number of carbonyl (C=O) groups is 1. The maximum Gasteiger partial charge on any atom is 0.248 e. The van der Waals surface area contributed by atoms with Gasteiger partial charge in [-0.1, -0.05) is 0 Å². The number of likely N-dealkylation sites (N-methyl/N-ethyl adjacent to an activating group) is 1. The molecule has 0 bridgehead atoms. The van der Waals surface area contributed by atoms with Crippen LogP contribution in [0.3, 0.4) is 0 Å². The van der Waals surface area contributed by atoms with Gasteiger partial charge >= 0.3 is 0 Å². The molecule has 106 valence electrons. The molecule has 0 unspecified atom stereocenters. The summed E-state index contributed by atoms with van der Waals surface area (Å²) >= 11 is 0. The lowest BCUT2D eigenvalue weighted by Gasteiger charge is -2.16. The summed E-state index contributed by atoms with van der Waals surface area (Å²) in [4.78, 5) is 12.9. The van der Waals surface area contributed by atoms with Gasteiger partial charge in [-0.3, -0.25) is 4.79 Å². The third-order valence-electron chi connectivity index (χ3n) is 3.51. The summed E-state index contributed by atoms with van der Waals surface area (Å²) in [7, 11) is 3.49. The van der Waals surface area contributed by atoms with E-state index in [0.717, 1.165) is 26.1 Å². The molecule has 2 rings (SSSR count). The van der Waals surface area contributed by atoms with Crippen LogP contribution in [-0.2, 0) is 22.6 Å². The normalized spacial score (nSPS) is 18.7. The molecule has 1 aromatic heterocycles. The molecular weight excluding hydrogens is 242 g/mol. The fourth-order valence-corrected chi connectivity index (χ4v) is 2.27. The molecule has 19 heavy (non-hydrogen) atoms. The average molecular weight is 265 g/mol. The number of fused-ring (bicyclic) bond motifs is 1. The Morgan fingerprint density at radius 3 is 3.21 bits per heavy atom. The van der Waals surface area contributed by atoms with Crippen LogP contribution in [0.2, 0.25) is 0 Å². The maximum atomic E-state index is 11.4. The van der Waals surface area contributed by atoms with Crippen LogP contribution >= 0.6 is 0 Å². The van der Waals surface area contributed by atoms with Gasteiger partial charge in [0.2, 0.25) is 5.91 Å². The van der Waals surface area contributed by atoms with Crippen LogP contribution in [0, 0.1) is 5.92 Å². The van der Waals surface area contributed by atoms with Crippen LogP contribution in [0.25, 0.3) is 0 Å². The van der Waals surface area contributed by atoms with Crippen molar-refractivity contribution < 1.29 is 9.53 Å². The van der Waals surface area contributed by atoms with Crippen LogP contribution in [0.1, 0.15) is 12.1 Å². The second-order valence-corrected chi connectivity index (χ2v) is 5.28. The van der Waals surface area contributed by atoms with Crippen LogP contribution < -0.4 is 5.32 Å². The Bertz CT molecular complexity index is 415. The Balaban J connectivity index is 1.71. The van der Waals surface area contributed by atoms with E-state index < -0.39 is 0 Å². The number of nitrogens with one attached hydrogen (secondary N) is 1. The summed E-state index contributed by atoms with van der Waals surface area (Å²) < 4.78 is 7.74. The molecule has 0 saturated carbocycles. The second kappa shape index (κ2) is 6.73. The number of hydrogen-bond donors (Lipinski definition) is 1. The highest BCUT2D eigenvalue weighted by molar-refractivity contribution is 5.76. The minimum absolute atomic E-state index is 0.0201. The first-order chi connectivity index (χ1) is 9.16. The van der Waals surface area contributed by atoms with Gasteiger partial charge in [0.15, 0.2) is 0 Å². The monoisotopic (exact) mass is 265 g/mol. The quantitative estimate of drug-likeness (QED) is 0.797. The predicted octanol–water partition coefficient (Wildman–Crippen LogP) is 0.702. The van der Waals surface area contributed by atoms with E-state index in [-0.39, 0.29) is 12.5 Å². The molecule has 0 radical (unpaired) electrons. The number of ether oxygens (including phenoxy) is 1. The van der Waals surface area contributed by atoms with Gasteiger partial charge in [-0.2, -0.15) is 0 Å². The summed E-state index contributed by atoms with van der Waals surface area (Å²) in [5.41, 5.74) is 1.34. The molecule has 2 heterocycles. The number of rotatable bonds is 5. The second-order valence-electron chi connectivity index (χ2n) is 5.28.